The van der Waals surface area contributed by atoms with Crippen molar-refractivity contribution in [3.05, 3.63) is 72.3 Å². The molecule has 0 aliphatic rings. The molecule has 0 unspecified atom stereocenters. The van der Waals surface area contributed by atoms with Gasteiger partial charge in [0.15, 0.2) is 0 Å². The quantitative estimate of drug-likeness (QED) is 0.379. The van der Waals surface area contributed by atoms with Gasteiger partial charge in [0.2, 0.25) is 0 Å². The smallest absolute Gasteiger partial charge is 0.267 e. The molecule has 0 bridgehead atoms. The van der Waals surface area contributed by atoms with Crippen molar-refractivity contribution in [3.8, 4) is 11.3 Å². The van der Waals surface area contributed by atoms with Crippen LogP contribution in [0.3, 0.4) is 0 Å². The second-order valence-electron chi connectivity index (χ2n) is 5.31. The van der Waals surface area contributed by atoms with Gasteiger partial charge < -0.3 is 9.73 Å². The summed E-state index contributed by atoms with van der Waals surface area (Å²) in [5.41, 5.74) is 3.67. The van der Waals surface area contributed by atoms with Gasteiger partial charge >= 0.3 is 0 Å². The van der Waals surface area contributed by atoms with E-state index in [1.165, 1.54) is 11.6 Å². The van der Waals surface area contributed by atoms with E-state index in [2.05, 4.69) is 5.32 Å². The highest BCUT2D eigenvalue weighted by molar-refractivity contribution is 5.95. The van der Waals surface area contributed by atoms with E-state index in [0.717, 1.165) is 28.4 Å². The molecule has 1 heterocycles. The maximum absolute atomic E-state index is 12.0. The van der Waals surface area contributed by atoms with Crippen LogP contribution in [0.4, 0.5) is 0 Å². The van der Waals surface area contributed by atoms with Crippen molar-refractivity contribution < 1.29 is 19.2 Å². The molecule has 0 aliphatic carbocycles. The standard InChI is InChI=1S/C19H16N2O4/c22-18(21-24)6-3-11-20-19(23)14-9-7-13(8-10-14)17-12-15-4-1-2-5-16(15)25-17/h1-10,12,24H,11H2,(H,20,23)(H,21,22)/b6-3+. The fourth-order valence-electron chi connectivity index (χ4n) is 2.37. The maximum atomic E-state index is 12.0. The highest BCUT2D eigenvalue weighted by Crippen LogP contribution is 2.27. The summed E-state index contributed by atoms with van der Waals surface area (Å²) >= 11 is 0. The molecule has 6 heteroatoms. The van der Waals surface area contributed by atoms with Crippen molar-refractivity contribution in [3.63, 3.8) is 0 Å². The Kier molecular flexibility index (Phi) is 4.92. The molecule has 3 aromatic rings. The summed E-state index contributed by atoms with van der Waals surface area (Å²) in [7, 11) is 0. The number of nitrogens with one attached hydrogen (secondary N) is 2. The normalized spacial score (nSPS) is 10.9. The molecule has 0 spiro atoms. The van der Waals surface area contributed by atoms with Gasteiger partial charge in [0.25, 0.3) is 11.8 Å². The highest BCUT2D eigenvalue weighted by Gasteiger charge is 2.08. The summed E-state index contributed by atoms with van der Waals surface area (Å²) in [4.78, 5) is 22.8. The Morgan fingerprint density at radius 3 is 2.56 bits per heavy atom. The molecule has 2 amide bonds. The fourth-order valence-corrected chi connectivity index (χ4v) is 2.37. The number of hydrogen-bond donors (Lipinski definition) is 3. The molecule has 0 saturated carbocycles. The lowest BCUT2D eigenvalue weighted by Gasteiger charge is -2.03. The van der Waals surface area contributed by atoms with E-state index in [9.17, 15) is 9.59 Å². The topological polar surface area (TPSA) is 91.6 Å². The Morgan fingerprint density at radius 2 is 1.84 bits per heavy atom. The van der Waals surface area contributed by atoms with Crippen molar-refractivity contribution in [1.29, 1.82) is 0 Å². The third kappa shape index (κ3) is 3.94. The number of hydroxylamine groups is 1. The average Bonchev–Trinajstić information content (AvgIpc) is 3.09. The summed E-state index contributed by atoms with van der Waals surface area (Å²) in [6.07, 6.45) is 2.57. The van der Waals surface area contributed by atoms with Gasteiger partial charge in [-0.2, -0.15) is 0 Å². The van der Waals surface area contributed by atoms with Crippen LogP contribution in [0.25, 0.3) is 22.3 Å². The average molecular weight is 336 g/mol. The number of fused-ring (bicyclic) bond motifs is 1. The number of rotatable bonds is 5. The monoisotopic (exact) mass is 336 g/mol. The fraction of sp³-hybridized carbons (Fsp3) is 0.0526. The molecule has 3 N–H and O–H groups in total. The highest BCUT2D eigenvalue weighted by atomic mass is 16.5. The zero-order valence-corrected chi connectivity index (χ0v) is 13.2. The van der Waals surface area contributed by atoms with Gasteiger partial charge in [-0.25, -0.2) is 5.48 Å². The van der Waals surface area contributed by atoms with E-state index in [4.69, 9.17) is 9.62 Å². The van der Waals surface area contributed by atoms with Crippen LogP contribution in [-0.2, 0) is 4.79 Å². The first-order valence-corrected chi connectivity index (χ1v) is 7.65. The number of carbonyl (C=O) groups is 2. The Bertz CT molecular complexity index is 893. The van der Waals surface area contributed by atoms with Crippen LogP contribution in [0.2, 0.25) is 0 Å². The van der Waals surface area contributed by atoms with Crippen LogP contribution in [0.15, 0.2) is 71.2 Å². The summed E-state index contributed by atoms with van der Waals surface area (Å²) in [5, 5.41) is 12.0. The zero-order chi connectivity index (χ0) is 17.6. The minimum atomic E-state index is -0.649. The number of carbonyl (C=O) groups excluding carboxylic acids is 2. The van der Waals surface area contributed by atoms with Crippen LogP contribution in [0.5, 0.6) is 0 Å². The molecular formula is C19H16N2O4. The van der Waals surface area contributed by atoms with Gasteiger partial charge in [-0.3, -0.25) is 14.8 Å². The van der Waals surface area contributed by atoms with Crippen molar-refractivity contribution in [1.82, 2.24) is 10.8 Å². The molecule has 6 nitrogen and oxygen atoms in total. The minimum Gasteiger partial charge on any atom is -0.456 e. The summed E-state index contributed by atoms with van der Waals surface area (Å²) in [6.45, 7) is 0.178. The molecule has 0 saturated heterocycles. The van der Waals surface area contributed by atoms with Crippen LogP contribution < -0.4 is 10.8 Å². The van der Waals surface area contributed by atoms with Gasteiger partial charge in [0, 0.05) is 29.1 Å². The molecule has 126 valence electrons. The third-order valence-electron chi connectivity index (χ3n) is 3.62. The predicted octanol–water partition coefficient (Wildman–Crippen LogP) is 2.89. The Morgan fingerprint density at radius 1 is 1.08 bits per heavy atom. The predicted molar refractivity (Wildman–Crippen MR) is 93.1 cm³/mol. The maximum Gasteiger partial charge on any atom is 0.267 e. The first kappa shape index (κ1) is 16.5. The first-order chi connectivity index (χ1) is 12.2. The molecule has 0 fully saturated rings. The molecular weight excluding hydrogens is 320 g/mol. The lowest BCUT2D eigenvalue weighted by molar-refractivity contribution is -0.124. The summed E-state index contributed by atoms with van der Waals surface area (Å²) in [5.74, 6) is -0.166. The van der Waals surface area contributed by atoms with E-state index in [0.29, 0.717) is 5.56 Å². The minimum absolute atomic E-state index is 0.178. The lowest BCUT2D eigenvalue weighted by Crippen LogP contribution is -2.23. The van der Waals surface area contributed by atoms with Gasteiger partial charge in [-0.15, -0.1) is 0 Å². The molecule has 0 atom stereocenters. The number of para-hydroxylation sites is 1. The lowest BCUT2D eigenvalue weighted by atomic mass is 10.1. The van der Waals surface area contributed by atoms with Crippen LogP contribution in [0.1, 0.15) is 10.4 Å². The molecule has 2 aromatic carbocycles. The molecule has 3 rings (SSSR count). The second-order valence-corrected chi connectivity index (χ2v) is 5.31. The van der Waals surface area contributed by atoms with Crippen molar-refractivity contribution in [2.24, 2.45) is 0 Å². The Hall–Kier alpha value is -3.38. The second kappa shape index (κ2) is 7.46. The van der Waals surface area contributed by atoms with E-state index in [-0.39, 0.29) is 12.5 Å². The summed E-state index contributed by atoms with van der Waals surface area (Å²) in [6, 6.07) is 16.8. The van der Waals surface area contributed by atoms with Crippen molar-refractivity contribution >= 4 is 22.8 Å². The van der Waals surface area contributed by atoms with Gasteiger partial charge in [0.1, 0.15) is 11.3 Å². The summed E-state index contributed by atoms with van der Waals surface area (Å²) < 4.78 is 5.80. The third-order valence-corrected chi connectivity index (χ3v) is 3.62. The Labute approximate surface area is 143 Å². The number of furan rings is 1. The van der Waals surface area contributed by atoms with E-state index in [1.807, 2.05) is 42.5 Å². The molecule has 25 heavy (non-hydrogen) atoms. The number of amides is 2. The van der Waals surface area contributed by atoms with E-state index < -0.39 is 5.91 Å². The number of hydrogen-bond acceptors (Lipinski definition) is 4. The van der Waals surface area contributed by atoms with Crippen LogP contribution in [-0.4, -0.2) is 23.6 Å². The number of benzene rings is 2. The SMILES string of the molecule is O=C(/C=C/CNC(=O)c1ccc(-c2cc3ccccc3o2)cc1)NO. The van der Waals surface area contributed by atoms with Crippen molar-refractivity contribution in [2.45, 2.75) is 0 Å². The van der Waals surface area contributed by atoms with E-state index >= 15 is 0 Å². The molecule has 1 aromatic heterocycles. The van der Waals surface area contributed by atoms with Crippen molar-refractivity contribution in [2.75, 3.05) is 6.54 Å². The molecule has 0 aliphatic heterocycles. The first-order valence-electron chi connectivity index (χ1n) is 7.65. The Balaban J connectivity index is 1.66. The zero-order valence-electron chi connectivity index (χ0n) is 13.2. The van der Waals surface area contributed by atoms with Crippen LogP contribution >= 0.6 is 0 Å². The molecule has 0 radical (unpaired) electrons. The van der Waals surface area contributed by atoms with E-state index in [1.54, 1.807) is 12.1 Å². The van der Waals surface area contributed by atoms with Gasteiger partial charge in [-0.1, -0.05) is 36.4 Å². The van der Waals surface area contributed by atoms with Crippen LogP contribution in [0, 0.1) is 0 Å². The van der Waals surface area contributed by atoms with Gasteiger partial charge in [-0.05, 0) is 24.3 Å². The largest absolute Gasteiger partial charge is 0.456 e. The van der Waals surface area contributed by atoms with Gasteiger partial charge in [0.05, 0.1) is 0 Å².